The lowest BCUT2D eigenvalue weighted by Crippen LogP contribution is -2.46. The van der Waals surface area contributed by atoms with E-state index in [2.05, 4.69) is 0 Å². The second kappa shape index (κ2) is 6.24. The van der Waals surface area contributed by atoms with Gasteiger partial charge in [0.1, 0.15) is 0 Å². The Kier molecular flexibility index (Phi) is 4.47. The molecule has 0 N–H and O–H groups in total. The van der Waals surface area contributed by atoms with Gasteiger partial charge in [-0.3, -0.25) is 4.79 Å². The summed E-state index contributed by atoms with van der Waals surface area (Å²) in [6.07, 6.45) is 5.58. The predicted octanol–water partition coefficient (Wildman–Crippen LogP) is 1.80. The van der Waals surface area contributed by atoms with E-state index in [0.717, 1.165) is 50.9 Å². The monoisotopic (exact) mass is 337 g/mol. The van der Waals surface area contributed by atoms with E-state index in [1.807, 2.05) is 4.90 Å². The molecule has 2 saturated heterocycles. The molecule has 126 valence electrons. The molecule has 5 nitrogen and oxygen atoms in total. The molecule has 2 aliphatic heterocycles. The minimum absolute atomic E-state index is 0.0217. The first-order valence-electron chi connectivity index (χ1n) is 8.09. The van der Waals surface area contributed by atoms with Gasteiger partial charge in [-0.05, 0) is 43.4 Å². The molecule has 0 bridgehead atoms. The van der Waals surface area contributed by atoms with Crippen LogP contribution in [-0.2, 0) is 25.8 Å². The summed E-state index contributed by atoms with van der Waals surface area (Å²) in [5.41, 5.74) is 0.869. The zero-order valence-corrected chi connectivity index (χ0v) is 14.3. The minimum Gasteiger partial charge on any atom is -0.375 e. The van der Waals surface area contributed by atoms with Gasteiger partial charge in [-0.25, -0.2) is 8.42 Å². The molecule has 0 saturated carbocycles. The summed E-state index contributed by atoms with van der Waals surface area (Å²) in [6.45, 7) is 2.35. The number of sulfone groups is 1. The number of rotatable bonds is 3. The van der Waals surface area contributed by atoms with Gasteiger partial charge in [0.2, 0.25) is 5.91 Å². The first-order valence-corrected chi connectivity index (χ1v) is 9.98. The van der Waals surface area contributed by atoms with E-state index in [4.69, 9.17) is 4.74 Å². The number of hydrogen-bond acceptors (Lipinski definition) is 4. The zero-order valence-electron chi connectivity index (χ0n) is 13.5. The zero-order chi connectivity index (χ0) is 16.5. The minimum atomic E-state index is -3.19. The van der Waals surface area contributed by atoms with Crippen molar-refractivity contribution in [3.05, 3.63) is 29.8 Å². The molecular weight excluding hydrogens is 314 g/mol. The number of likely N-dealkylation sites (tertiary alicyclic amines) is 1. The van der Waals surface area contributed by atoms with E-state index in [1.54, 1.807) is 24.3 Å². The van der Waals surface area contributed by atoms with Crippen LogP contribution >= 0.6 is 0 Å². The van der Waals surface area contributed by atoms with Gasteiger partial charge in [-0.1, -0.05) is 12.1 Å². The molecule has 0 radical (unpaired) electrons. The number of nitrogens with zero attached hydrogens (tertiary/aromatic N) is 1. The molecule has 2 heterocycles. The second-order valence-electron chi connectivity index (χ2n) is 6.61. The van der Waals surface area contributed by atoms with Crippen molar-refractivity contribution in [1.82, 2.24) is 4.90 Å². The van der Waals surface area contributed by atoms with Gasteiger partial charge in [0, 0.05) is 26.0 Å². The Bertz CT molecular complexity index is 665. The molecule has 0 unspecified atom stereocenters. The Morgan fingerprint density at radius 2 is 1.83 bits per heavy atom. The van der Waals surface area contributed by atoms with E-state index < -0.39 is 9.84 Å². The Balaban J connectivity index is 1.57. The molecule has 0 atom stereocenters. The van der Waals surface area contributed by atoms with Gasteiger partial charge in [-0.2, -0.15) is 0 Å². The highest BCUT2D eigenvalue weighted by molar-refractivity contribution is 7.90. The van der Waals surface area contributed by atoms with Gasteiger partial charge in [0.05, 0.1) is 16.9 Å². The summed E-state index contributed by atoms with van der Waals surface area (Å²) in [4.78, 5) is 14.6. The Hall–Kier alpha value is -1.40. The summed E-state index contributed by atoms with van der Waals surface area (Å²) in [6, 6.07) is 6.57. The average Bonchev–Trinajstić information content (AvgIpc) is 2.96. The smallest absolute Gasteiger partial charge is 0.226 e. The maximum Gasteiger partial charge on any atom is 0.226 e. The third kappa shape index (κ3) is 3.75. The number of piperidine rings is 1. The highest BCUT2D eigenvalue weighted by atomic mass is 32.2. The molecule has 2 fully saturated rings. The van der Waals surface area contributed by atoms with Gasteiger partial charge < -0.3 is 9.64 Å². The third-order valence-electron chi connectivity index (χ3n) is 4.92. The normalized spacial score (nSPS) is 20.8. The van der Waals surface area contributed by atoms with Crippen LogP contribution in [0.1, 0.15) is 31.2 Å². The van der Waals surface area contributed by atoms with Gasteiger partial charge in [0.15, 0.2) is 9.84 Å². The van der Waals surface area contributed by atoms with Crippen molar-refractivity contribution in [3.8, 4) is 0 Å². The van der Waals surface area contributed by atoms with Crippen LogP contribution in [0.3, 0.4) is 0 Å². The van der Waals surface area contributed by atoms with E-state index in [-0.39, 0.29) is 16.4 Å². The van der Waals surface area contributed by atoms with Crippen molar-refractivity contribution in [3.63, 3.8) is 0 Å². The standard InChI is InChI=1S/C17H23NO4S/c1-23(20,21)15-5-3-14(4-6-15)13-16(19)18-10-8-17(9-11-18)7-2-12-22-17/h3-6H,2,7-13H2,1H3. The predicted molar refractivity (Wildman–Crippen MR) is 87.0 cm³/mol. The van der Waals surface area contributed by atoms with Gasteiger partial charge in [-0.15, -0.1) is 0 Å². The Morgan fingerprint density at radius 3 is 2.35 bits per heavy atom. The van der Waals surface area contributed by atoms with Crippen molar-refractivity contribution >= 4 is 15.7 Å². The van der Waals surface area contributed by atoms with E-state index in [0.29, 0.717) is 6.42 Å². The summed E-state index contributed by atoms with van der Waals surface area (Å²) < 4.78 is 28.8. The molecule has 0 aromatic heterocycles. The van der Waals surface area contributed by atoms with Crippen LogP contribution in [0.5, 0.6) is 0 Å². The Labute approximate surface area is 137 Å². The lowest BCUT2D eigenvalue weighted by molar-refractivity contribution is -0.135. The van der Waals surface area contributed by atoms with Crippen LogP contribution in [-0.4, -0.2) is 50.8 Å². The fourth-order valence-electron chi connectivity index (χ4n) is 3.45. The molecule has 1 amide bonds. The van der Waals surface area contributed by atoms with Crippen LogP contribution in [0.2, 0.25) is 0 Å². The van der Waals surface area contributed by atoms with Gasteiger partial charge in [0.25, 0.3) is 0 Å². The second-order valence-corrected chi connectivity index (χ2v) is 8.62. The Morgan fingerprint density at radius 1 is 1.17 bits per heavy atom. The molecule has 2 aliphatic rings. The number of ether oxygens (including phenoxy) is 1. The largest absolute Gasteiger partial charge is 0.375 e. The number of hydrogen-bond donors (Lipinski definition) is 0. The van der Waals surface area contributed by atoms with E-state index >= 15 is 0 Å². The summed E-state index contributed by atoms with van der Waals surface area (Å²) in [5.74, 6) is 0.102. The van der Waals surface area contributed by atoms with E-state index in [9.17, 15) is 13.2 Å². The quantitative estimate of drug-likeness (QED) is 0.844. The molecule has 6 heteroatoms. The van der Waals surface area contributed by atoms with Crippen LogP contribution < -0.4 is 0 Å². The van der Waals surface area contributed by atoms with E-state index in [1.165, 1.54) is 6.26 Å². The van der Waals surface area contributed by atoms with Crippen LogP contribution in [0.25, 0.3) is 0 Å². The lowest BCUT2D eigenvalue weighted by atomic mass is 9.88. The highest BCUT2D eigenvalue weighted by Gasteiger charge is 2.39. The molecule has 23 heavy (non-hydrogen) atoms. The van der Waals surface area contributed by atoms with Crippen molar-refractivity contribution in [2.75, 3.05) is 26.0 Å². The molecule has 1 spiro atoms. The number of carbonyl (C=O) groups excluding carboxylic acids is 1. The third-order valence-corrected chi connectivity index (χ3v) is 6.05. The number of carbonyl (C=O) groups is 1. The maximum absolute atomic E-state index is 12.4. The van der Waals surface area contributed by atoms with Crippen molar-refractivity contribution in [2.45, 2.75) is 42.6 Å². The molecule has 3 rings (SSSR count). The topological polar surface area (TPSA) is 63.7 Å². The fraction of sp³-hybridized carbons (Fsp3) is 0.588. The average molecular weight is 337 g/mol. The fourth-order valence-corrected chi connectivity index (χ4v) is 4.08. The summed E-state index contributed by atoms with van der Waals surface area (Å²) in [5, 5.41) is 0. The molecule has 0 aliphatic carbocycles. The SMILES string of the molecule is CS(=O)(=O)c1ccc(CC(=O)N2CCC3(CCCO3)CC2)cc1. The van der Waals surface area contributed by atoms with Crippen LogP contribution in [0, 0.1) is 0 Å². The molecule has 1 aromatic carbocycles. The maximum atomic E-state index is 12.4. The molecular formula is C17H23NO4S. The van der Waals surface area contributed by atoms with Gasteiger partial charge >= 0.3 is 0 Å². The van der Waals surface area contributed by atoms with Crippen LogP contribution in [0.15, 0.2) is 29.2 Å². The first-order chi connectivity index (χ1) is 10.9. The number of amides is 1. The highest BCUT2D eigenvalue weighted by Crippen LogP contribution is 2.35. The first kappa shape index (κ1) is 16.5. The van der Waals surface area contributed by atoms with Crippen LogP contribution in [0.4, 0.5) is 0 Å². The lowest BCUT2D eigenvalue weighted by Gasteiger charge is -2.38. The van der Waals surface area contributed by atoms with Crippen molar-refractivity contribution in [1.29, 1.82) is 0 Å². The van der Waals surface area contributed by atoms with Crippen molar-refractivity contribution in [2.24, 2.45) is 0 Å². The van der Waals surface area contributed by atoms with Crippen molar-refractivity contribution < 1.29 is 17.9 Å². The molecule has 1 aromatic rings. The number of benzene rings is 1. The summed E-state index contributed by atoms with van der Waals surface area (Å²) >= 11 is 0. The summed E-state index contributed by atoms with van der Waals surface area (Å²) in [7, 11) is -3.19.